The third kappa shape index (κ3) is 3.33. The maximum Gasteiger partial charge on any atom is 0.319 e. The fraction of sp³-hybridized carbons (Fsp3) is 0.357. The molecule has 116 valence electrons. The SMILES string of the molecule is C[S@](=O)c1cccc(NC(=O)N[C@@H]2CCc3ncnn3C2)c1. The Morgan fingerprint density at radius 2 is 2.32 bits per heavy atom. The van der Waals surface area contributed by atoms with Crippen LogP contribution in [0.1, 0.15) is 12.2 Å². The van der Waals surface area contributed by atoms with E-state index in [1.165, 1.54) is 6.33 Å². The van der Waals surface area contributed by atoms with E-state index in [2.05, 4.69) is 20.7 Å². The largest absolute Gasteiger partial charge is 0.333 e. The van der Waals surface area contributed by atoms with Crippen molar-refractivity contribution in [1.29, 1.82) is 0 Å². The summed E-state index contributed by atoms with van der Waals surface area (Å²) < 4.78 is 13.3. The lowest BCUT2D eigenvalue weighted by Crippen LogP contribution is -2.43. The summed E-state index contributed by atoms with van der Waals surface area (Å²) >= 11 is 0. The molecule has 0 bridgehead atoms. The minimum Gasteiger partial charge on any atom is -0.333 e. The van der Waals surface area contributed by atoms with Crippen molar-refractivity contribution < 1.29 is 9.00 Å². The van der Waals surface area contributed by atoms with E-state index in [0.717, 1.165) is 18.7 Å². The molecule has 1 aliphatic rings. The number of anilines is 1. The number of benzene rings is 1. The zero-order chi connectivity index (χ0) is 15.5. The molecule has 1 aliphatic heterocycles. The smallest absolute Gasteiger partial charge is 0.319 e. The van der Waals surface area contributed by atoms with Gasteiger partial charge in [-0.2, -0.15) is 5.10 Å². The number of carbonyl (C=O) groups excluding carboxylic acids is 1. The normalized spacial score (nSPS) is 18.3. The lowest BCUT2D eigenvalue weighted by atomic mass is 10.1. The minimum absolute atomic E-state index is 0.0256. The zero-order valence-corrected chi connectivity index (χ0v) is 13.0. The predicted octanol–water partition coefficient (Wildman–Crippen LogP) is 1.15. The van der Waals surface area contributed by atoms with Crippen molar-refractivity contribution in [3.63, 3.8) is 0 Å². The summed E-state index contributed by atoms with van der Waals surface area (Å²) in [6, 6.07) is 6.78. The molecule has 2 aromatic rings. The lowest BCUT2D eigenvalue weighted by molar-refractivity contribution is 0.243. The van der Waals surface area contributed by atoms with Crippen LogP contribution in [0.15, 0.2) is 35.5 Å². The molecule has 0 spiro atoms. The number of urea groups is 1. The first-order valence-corrected chi connectivity index (χ1v) is 8.55. The Bertz CT molecular complexity index is 715. The molecule has 0 fully saturated rings. The molecule has 1 aromatic heterocycles. The number of hydrogen-bond acceptors (Lipinski definition) is 4. The molecule has 2 N–H and O–H groups in total. The Morgan fingerprint density at radius 1 is 1.45 bits per heavy atom. The van der Waals surface area contributed by atoms with Crippen molar-refractivity contribution in [1.82, 2.24) is 20.1 Å². The molecular weight excluding hydrogens is 302 g/mol. The van der Waals surface area contributed by atoms with E-state index in [9.17, 15) is 9.00 Å². The average Bonchev–Trinajstić information content (AvgIpc) is 2.95. The summed E-state index contributed by atoms with van der Waals surface area (Å²) in [4.78, 5) is 16.9. The van der Waals surface area contributed by atoms with Gasteiger partial charge in [0.25, 0.3) is 0 Å². The van der Waals surface area contributed by atoms with Crippen LogP contribution in [0.2, 0.25) is 0 Å². The first-order valence-electron chi connectivity index (χ1n) is 6.99. The Balaban J connectivity index is 1.59. The molecule has 0 saturated carbocycles. The van der Waals surface area contributed by atoms with Gasteiger partial charge in [-0.3, -0.25) is 4.21 Å². The van der Waals surface area contributed by atoms with Crippen molar-refractivity contribution in [2.45, 2.75) is 30.3 Å². The van der Waals surface area contributed by atoms with E-state index in [-0.39, 0.29) is 12.1 Å². The Labute approximate surface area is 130 Å². The summed E-state index contributed by atoms with van der Waals surface area (Å²) in [5.74, 6) is 0.955. The van der Waals surface area contributed by atoms with Crippen molar-refractivity contribution >= 4 is 22.5 Å². The highest BCUT2D eigenvalue weighted by molar-refractivity contribution is 7.84. The van der Waals surface area contributed by atoms with E-state index >= 15 is 0 Å². The van der Waals surface area contributed by atoms with Crippen LogP contribution in [0.4, 0.5) is 10.5 Å². The van der Waals surface area contributed by atoms with Gasteiger partial charge < -0.3 is 10.6 Å². The third-order valence-corrected chi connectivity index (χ3v) is 4.48. The van der Waals surface area contributed by atoms with Gasteiger partial charge in [-0.25, -0.2) is 14.5 Å². The quantitative estimate of drug-likeness (QED) is 0.888. The van der Waals surface area contributed by atoms with E-state index in [4.69, 9.17) is 0 Å². The van der Waals surface area contributed by atoms with Crippen LogP contribution in [0, 0.1) is 0 Å². The number of fused-ring (bicyclic) bond motifs is 1. The summed E-state index contributed by atoms with van der Waals surface area (Å²) in [7, 11) is -1.07. The van der Waals surface area contributed by atoms with Crippen LogP contribution in [-0.2, 0) is 23.8 Å². The van der Waals surface area contributed by atoms with Gasteiger partial charge >= 0.3 is 6.03 Å². The van der Waals surface area contributed by atoms with Gasteiger partial charge in [-0.05, 0) is 24.6 Å². The van der Waals surface area contributed by atoms with Gasteiger partial charge in [0.1, 0.15) is 12.2 Å². The second-order valence-corrected chi connectivity index (χ2v) is 6.55. The summed E-state index contributed by atoms with van der Waals surface area (Å²) in [6.07, 6.45) is 4.78. The fourth-order valence-electron chi connectivity index (χ4n) is 2.46. The molecule has 8 heteroatoms. The van der Waals surface area contributed by atoms with Crippen LogP contribution in [0.3, 0.4) is 0 Å². The minimum atomic E-state index is -1.07. The van der Waals surface area contributed by atoms with Crippen LogP contribution < -0.4 is 10.6 Å². The zero-order valence-electron chi connectivity index (χ0n) is 12.2. The van der Waals surface area contributed by atoms with Crippen molar-refractivity contribution in [3.05, 3.63) is 36.4 Å². The highest BCUT2D eigenvalue weighted by atomic mass is 32.2. The molecule has 2 amide bonds. The van der Waals surface area contributed by atoms with Crippen LogP contribution in [0.25, 0.3) is 0 Å². The Morgan fingerprint density at radius 3 is 3.14 bits per heavy atom. The molecular formula is C14H17N5O2S. The van der Waals surface area contributed by atoms with E-state index < -0.39 is 10.8 Å². The molecule has 0 unspecified atom stereocenters. The number of hydrogen-bond donors (Lipinski definition) is 2. The maximum atomic E-state index is 12.1. The number of nitrogens with one attached hydrogen (secondary N) is 2. The summed E-state index contributed by atoms with van der Waals surface area (Å²) in [5.41, 5.74) is 0.627. The molecule has 22 heavy (non-hydrogen) atoms. The molecule has 3 rings (SSSR count). The number of aryl methyl sites for hydroxylation is 1. The number of amides is 2. The molecule has 2 atom stereocenters. The number of rotatable bonds is 3. The standard InChI is InChI=1S/C14H17N5O2S/c1-22(21)12-4-2-3-10(7-12)17-14(20)18-11-5-6-13-15-9-16-19(13)8-11/h2-4,7,9,11H,5-6,8H2,1H3,(H2,17,18,20)/t11-,22+/m1/s1. The summed E-state index contributed by atoms with van der Waals surface area (Å²) in [6.45, 7) is 0.627. The lowest BCUT2D eigenvalue weighted by Gasteiger charge is -2.23. The van der Waals surface area contributed by atoms with Crippen molar-refractivity contribution in [3.8, 4) is 0 Å². The van der Waals surface area contributed by atoms with Crippen LogP contribution in [0.5, 0.6) is 0 Å². The fourth-order valence-corrected chi connectivity index (χ4v) is 3.02. The first kappa shape index (κ1) is 14.7. The van der Waals surface area contributed by atoms with Crippen LogP contribution in [-0.4, -0.2) is 37.3 Å². The number of nitrogens with zero attached hydrogens (tertiary/aromatic N) is 3. The Hall–Kier alpha value is -2.22. The highest BCUT2D eigenvalue weighted by Gasteiger charge is 2.21. The van der Waals surface area contributed by atoms with Gasteiger partial charge in [0, 0.05) is 34.1 Å². The van der Waals surface area contributed by atoms with Gasteiger partial charge in [0.2, 0.25) is 0 Å². The van der Waals surface area contributed by atoms with Gasteiger partial charge in [-0.15, -0.1) is 0 Å². The number of aromatic nitrogens is 3. The summed E-state index contributed by atoms with van der Waals surface area (Å²) in [5, 5.41) is 9.83. The molecule has 0 radical (unpaired) electrons. The number of carbonyl (C=O) groups is 1. The third-order valence-electron chi connectivity index (χ3n) is 3.56. The van der Waals surface area contributed by atoms with E-state index in [0.29, 0.717) is 17.1 Å². The van der Waals surface area contributed by atoms with Gasteiger partial charge in [-0.1, -0.05) is 6.07 Å². The molecule has 0 saturated heterocycles. The molecule has 7 nitrogen and oxygen atoms in total. The highest BCUT2D eigenvalue weighted by Crippen LogP contribution is 2.14. The van der Waals surface area contributed by atoms with Gasteiger partial charge in [0.15, 0.2) is 0 Å². The topological polar surface area (TPSA) is 88.9 Å². The monoisotopic (exact) mass is 319 g/mol. The van der Waals surface area contributed by atoms with Gasteiger partial charge in [0.05, 0.1) is 12.6 Å². The molecule has 2 heterocycles. The average molecular weight is 319 g/mol. The molecule has 0 aliphatic carbocycles. The van der Waals surface area contributed by atoms with E-state index in [1.54, 1.807) is 30.5 Å². The molecule has 1 aromatic carbocycles. The Kier molecular flexibility index (Phi) is 4.19. The predicted molar refractivity (Wildman–Crippen MR) is 83.1 cm³/mol. The van der Waals surface area contributed by atoms with Crippen molar-refractivity contribution in [2.75, 3.05) is 11.6 Å². The maximum absolute atomic E-state index is 12.1. The second-order valence-electron chi connectivity index (χ2n) is 5.17. The van der Waals surface area contributed by atoms with Crippen LogP contribution >= 0.6 is 0 Å². The second kappa shape index (κ2) is 6.27. The van der Waals surface area contributed by atoms with Crippen molar-refractivity contribution in [2.24, 2.45) is 0 Å². The van der Waals surface area contributed by atoms with E-state index in [1.807, 2.05) is 4.68 Å². The first-order chi connectivity index (χ1) is 10.6.